The van der Waals surface area contributed by atoms with Crippen LogP contribution in [0, 0.1) is 0 Å². The van der Waals surface area contributed by atoms with E-state index < -0.39 is 126 Å². The Hall–Kier alpha value is -15.2. The van der Waals surface area contributed by atoms with Gasteiger partial charge in [-0.15, -0.1) is 0 Å². The maximum Gasteiger partial charge on any atom is 0.143 e. The normalized spacial score (nSPS) is 14.9. The second kappa shape index (κ2) is 27.3. The van der Waals surface area contributed by atoms with E-state index in [1.54, 1.807) is 24.3 Å². The summed E-state index contributed by atoms with van der Waals surface area (Å²) in [5.74, 6) is 0. The van der Waals surface area contributed by atoms with E-state index in [4.69, 9.17) is 43.1 Å². The van der Waals surface area contributed by atoms with Crippen molar-refractivity contribution in [2.45, 2.75) is 0 Å². The van der Waals surface area contributed by atoms with Crippen LogP contribution in [0.15, 0.2) is 433 Å². The first kappa shape index (κ1) is 45.3. The van der Waals surface area contributed by atoms with E-state index in [2.05, 4.69) is 66.7 Å². The van der Waals surface area contributed by atoms with E-state index in [9.17, 15) is 1.37 Å². The van der Waals surface area contributed by atoms with Crippen LogP contribution in [0.3, 0.4) is 0 Å². The van der Waals surface area contributed by atoms with Gasteiger partial charge in [0.25, 0.3) is 0 Å². The zero-order valence-electron chi connectivity index (χ0n) is 87.2. The lowest BCUT2D eigenvalue weighted by molar-refractivity contribution is 0.669. The van der Waals surface area contributed by atoms with Gasteiger partial charge in [0.05, 0.1) is 35.6 Å². The highest BCUT2D eigenvalue weighted by Crippen LogP contribution is 2.52. The van der Waals surface area contributed by atoms with Crippen LogP contribution in [0.1, 0.15) is 35.6 Å². The van der Waals surface area contributed by atoms with Crippen molar-refractivity contribution >= 4 is 141 Å². The van der Waals surface area contributed by atoms with Crippen molar-refractivity contribution in [1.82, 2.24) is 0 Å². The molecule has 2 heterocycles. The van der Waals surface area contributed by atoms with Gasteiger partial charge in [-0.2, -0.15) is 0 Å². The molecule has 0 fully saturated rings. The molecule has 0 saturated carbocycles. The van der Waals surface area contributed by atoms with Crippen molar-refractivity contribution in [3.8, 4) is 100 Å². The molecule has 0 radical (unpaired) electrons. The van der Waals surface area contributed by atoms with Gasteiger partial charge >= 0.3 is 0 Å². The molecule has 2 nitrogen and oxygen atoms in total. The quantitative estimate of drug-likeness (QED) is 0.106. The standard InChI is InChI=1S/C58H36O.C56H34O/c1-3-16-37(17-4-1)39-21-13-22-40(34-39)45-29-15-31-51-52-35-42(32-33-54(52)59-58(45)51)44-28-14-30-50-53(36-41-20-7-8-23-43(41)56(44)50)57-48-26-11-9-24-46(48)55(38-18-5-2-6-19-38)47-25-10-12-27-49(47)57;1-2-15-36(16-3-1)54-46-21-8-10-23-48(46)56(49-24-11-9-22-47(49)54)51-32-37-17-5-7-20-42(37)55-43(26-13-27-50(51)55)39-29-31-45-44-30-28-38(33-52(44)57-53(45)34-39)41-25-12-18-35-14-4-6-19-40(35)41/h1-36H;1-34H/i1D,2D,3D,4D,5D,6D,13D,16D,17D,18D,19D,21D,22D,34D;1D,2D,3D,4D,6D,12D,14D,15D,16D,18D,19D,25D. The van der Waals surface area contributed by atoms with Gasteiger partial charge in [0.1, 0.15) is 22.3 Å². The average molecular weight is 1500 g/mol. The number of hydrogen-bond acceptors (Lipinski definition) is 2. The lowest BCUT2D eigenvalue weighted by Gasteiger charge is -2.20. The average Bonchev–Trinajstić information content (AvgIpc) is 0.818. The molecule has 0 amide bonds. The van der Waals surface area contributed by atoms with Gasteiger partial charge in [-0.05, 0) is 246 Å². The number of benzene rings is 22. The van der Waals surface area contributed by atoms with Gasteiger partial charge in [-0.3, -0.25) is 0 Å². The first-order valence-corrected chi connectivity index (χ1v) is 37.9. The number of hydrogen-bond donors (Lipinski definition) is 0. The first-order chi connectivity index (χ1) is 68.4. The summed E-state index contributed by atoms with van der Waals surface area (Å²) >= 11 is 0. The predicted octanol–water partition coefficient (Wildman–Crippen LogP) is 32.6. The molecule has 0 aliphatic heterocycles. The van der Waals surface area contributed by atoms with Crippen LogP contribution in [0.2, 0.25) is 0 Å². The smallest absolute Gasteiger partial charge is 0.143 e. The molecule has 24 aromatic rings. The molecule has 0 bridgehead atoms. The van der Waals surface area contributed by atoms with E-state index in [1.165, 1.54) is 0 Å². The van der Waals surface area contributed by atoms with E-state index in [1.807, 2.05) is 176 Å². The van der Waals surface area contributed by atoms with Crippen molar-refractivity contribution in [2.75, 3.05) is 0 Å². The lowest BCUT2D eigenvalue weighted by Crippen LogP contribution is -1.93. The highest BCUT2D eigenvalue weighted by atomic mass is 16.3. The van der Waals surface area contributed by atoms with Gasteiger partial charge in [0.15, 0.2) is 0 Å². The summed E-state index contributed by atoms with van der Waals surface area (Å²) in [6, 6.07) is 75.4. The lowest BCUT2D eigenvalue weighted by atomic mass is 9.83. The van der Waals surface area contributed by atoms with Crippen LogP contribution < -0.4 is 0 Å². The molecule has 116 heavy (non-hydrogen) atoms. The summed E-state index contributed by atoms with van der Waals surface area (Å²) in [4.78, 5) is 0. The summed E-state index contributed by atoms with van der Waals surface area (Å²) in [7, 11) is 0. The van der Waals surface area contributed by atoms with Crippen molar-refractivity contribution in [3.63, 3.8) is 0 Å². The Morgan fingerprint density at radius 1 is 0.172 bits per heavy atom. The van der Waals surface area contributed by atoms with Gasteiger partial charge in [0, 0.05) is 27.1 Å². The third-order valence-electron chi connectivity index (χ3n) is 22.5. The Kier molecular flexibility index (Phi) is 10.7. The fourth-order valence-corrected chi connectivity index (χ4v) is 17.6. The van der Waals surface area contributed by atoms with E-state index in [0.29, 0.717) is 44.4 Å². The number of para-hydroxylation sites is 1. The number of fused-ring (bicyclic) bond motifs is 17. The predicted molar refractivity (Wildman–Crippen MR) is 494 cm³/mol. The maximum absolute atomic E-state index is 9.41. The van der Waals surface area contributed by atoms with Gasteiger partial charge < -0.3 is 8.83 Å². The second-order valence-electron chi connectivity index (χ2n) is 28.7. The first-order valence-electron chi connectivity index (χ1n) is 50.9. The molecule has 22 aromatic carbocycles. The van der Waals surface area contributed by atoms with Crippen molar-refractivity contribution in [1.29, 1.82) is 0 Å². The van der Waals surface area contributed by atoms with E-state index >= 15 is 0 Å². The van der Waals surface area contributed by atoms with Crippen molar-refractivity contribution in [3.05, 3.63) is 424 Å². The third-order valence-corrected chi connectivity index (χ3v) is 22.5. The van der Waals surface area contributed by atoms with Crippen molar-refractivity contribution < 1.29 is 44.5 Å². The highest BCUT2D eigenvalue weighted by molar-refractivity contribution is 6.30. The molecule has 2 heteroatoms. The molecule has 24 rings (SSSR count). The topological polar surface area (TPSA) is 26.3 Å². The largest absolute Gasteiger partial charge is 0.456 e. The summed E-state index contributed by atoms with van der Waals surface area (Å²) < 4.78 is 238. The minimum Gasteiger partial charge on any atom is -0.456 e. The molecule has 0 N–H and O–H groups in total. The molecule has 0 aliphatic carbocycles. The summed E-state index contributed by atoms with van der Waals surface area (Å²) in [6.45, 7) is 0. The molecule has 0 saturated heterocycles. The molecule has 0 atom stereocenters. The molecule has 2 aromatic heterocycles. The molecular formula is C114H70O2. The van der Waals surface area contributed by atoms with Crippen LogP contribution in [0.4, 0.5) is 0 Å². The Morgan fingerprint density at radius 3 is 1.09 bits per heavy atom. The van der Waals surface area contributed by atoms with Gasteiger partial charge in [-0.1, -0.05) is 369 Å². The highest BCUT2D eigenvalue weighted by Gasteiger charge is 2.25. The zero-order valence-corrected chi connectivity index (χ0v) is 61.2. The van der Waals surface area contributed by atoms with Crippen LogP contribution >= 0.6 is 0 Å². The van der Waals surface area contributed by atoms with E-state index in [0.717, 1.165) is 147 Å². The summed E-state index contributed by atoms with van der Waals surface area (Å²) in [5, 5.41) is 17.2. The monoisotopic (exact) mass is 1500 g/mol. The van der Waals surface area contributed by atoms with Crippen molar-refractivity contribution in [2.24, 2.45) is 0 Å². The summed E-state index contributed by atoms with van der Waals surface area (Å²) in [6.07, 6.45) is 0. The fraction of sp³-hybridized carbons (Fsp3) is 0. The molecule has 0 aliphatic rings. The summed E-state index contributed by atoms with van der Waals surface area (Å²) in [5.41, 5.74) is 10.7. The molecule has 0 spiro atoms. The van der Waals surface area contributed by atoms with Crippen LogP contribution in [-0.2, 0) is 0 Å². The van der Waals surface area contributed by atoms with E-state index in [-0.39, 0.29) is 80.4 Å². The Morgan fingerprint density at radius 2 is 0.560 bits per heavy atom. The fourth-order valence-electron chi connectivity index (χ4n) is 17.6. The van der Waals surface area contributed by atoms with Crippen LogP contribution in [0.5, 0.6) is 0 Å². The zero-order chi connectivity index (χ0) is 98.9. The molecule has 0 unspecified atom stereocenters. The second-order valence-corrected chi connectivity index (χ2v) is 28.7. The minimum absolute atomic E-state index is 0.0123. The van der Waals surface area contributed by atoms with Gasteiger partial charge in [-0.25, -0.2) is 0 Å². The number of furan rings is 2. The molecule has 538 valence electrons. The Balaban J connectivity index is 0.000000158. The number of rotatable bonds is 9. The maximum atomic E-state index is 9.41. The van der Waals surface area contributed by atoms with Crippen LogP contribution in [0.25, 0.3) is 241 Å². The minimum atomic E-state index is -0.644. The van der Waals surface area contributed by atoms with Gasteiger partial charge in [0.2, 0.25) is 0 Å². The third kappa shape index (κ3) is 10.9. The molecular weight excluding hydrogens is 1400 g/mol. The Bertz CT molecular complexity index is 9640. The SMILES string of the molecule is [2H]c1c([2H])c([2H])c(-c2c([2H])c([2H])c([2H])c(-c3cccc4c3oc3ccc(-c5cccc6c(-c7c8ccccc8c(-c8c([2H])c([2H])c([2H])c([2H])c8[2H])c8ccccc78)cc7ccccc7c56)cc34)c2[2H])c([2H])c1[2H].[2H]c1c([2H])c([2H])c(-c2c3ccccc3c(-c3cc4ccccc4c4c(-c5ccc6c(c5)oc5cc(-c7c([2H])c([2H])c([2H])c8c([2H])c([2H])c([2H])c([2H])c78)ccc56)cccc34)c3ccccc23)c([2H])c1[2H]. The Labute approximate surface area is 706 Å². The van der Waals surface area contributed by atoms with Crippen LogP contribution in [-0.4, -0.2) is 0 Å².